The van der Waals surface area contributed by atoms with Gasteiger partial charge in [-0.2, -0.15) is 18.3 Å². The summed E-state index contributed by atoms with van der Waals surface area (Å²) in [5, 5.41) is 4.30. The molecule has 0 fully saturated rings. The highest BCUT2D eigenvalue weighted by Gasteiger charge is 2.34. The van der Waals surface area contributed by atoms with Gasteiger partial charge in [0.1, 0.15) is 17.5 Å². The monoisotopic (exact) mass is 442 g/mol. The summed E-state index contributed by atoms with van der Waals surface area (Å²) in [6, 6.07) is 7.95. The number of halogens is 4. The standard InChI is InChI=1S/C21H14F4N6O/c1-9-28-15-3-2-11(6-17(15)29-9)31-20(26)12(8-27-31)19(32)18-5-10-4-14(22)13(21(23,24)25)7-16(10)30-18/h2-8,30H,26H2,1H3,(H,28,29). The summed E-state index contributed by atoms with van der Waals surface area (Å²) in [6.07, 6.45) is -3.59. The molecule has 0 spiro atoms. The lowest BCUT2D eigenvalue weighted by atomic mass is 10.1. The van der Waals surface area contributed by atoms with Crippen molar-refractivity contribution in [2.24, 2.45) is 0 Å². The number of H-pyrrole nitrogens is 2. The number of rotatable bonds is 3. The second-order valence-electron chi connectivity index (χ2n) is 7.31. The number of ketones is 1. The lowest BCUT2D eigenvalue weighted by Crippen LogP contribution is -2.08. The molecule has 5 aromatic rings. The summed E-state index contributed by atoms with van der Waals surface area (Å²) in [5.74, 6) is -1.22. The van der Waals surface area contributed by atoms with E-state index in [1.165, 1.54) is 16.9 Å². The first kappa shape index (κ1) is 19.8. The van der Waals surface area contributed by atoms with Crippen LogP contribution in [0.5, 0.6) is 0 Å². The second kappa shape index (κ2) is 6.67. The van der Waals surface area contributed by atoms with Crippen molar-refractivity contribution in [3.05, 3.63) is 71.1 Å². The van der Waals surface area contributed by atoms with Crippen LogP contribution in [0.15, 0.2) is 42.6 Å². The fourth-order valence-electron chi connectivity index (χ4n) is 3.63. The van der Waals surface area contributed by atoms with Crippen molar-refractivity contribution in [2.75, 3.05) is 5.73 Å². The van der Waals surface area contributed by atoms with E-state index >= 15 is 0 Å². The summed E-state index contributed by atoms with van der Waals surface area (Å²) >= 11 is 0. The average molecular weight is 442 g/mol. The fraction of sp³-hybridized carbons (Fsp3) is 0.0952. The minimum absolute atomic E-state index is 0.0209. The molecule has 162 valence electrons. The van der Waals surface area contributed by atoms with E-state index < -0.39 is 23.3 Å². The van der Waals surface area contributed by atoms with E-state index in [1.54, 1.807) is 18.2 Å². The average Bonchev–Trinajstić information content (AvgIpc) is 3.40. The number of imidazole rings is 1. The maximum Gasteiger partial charge on any atom is 0.419 e. The summed E-state index contributed by atoms with van der Waals surface area (Å²) in [5.41, 5.74) is 6.83. The number of benzene rings is 2. The van der Waals surface area contributed by atoms with Gasteiger partial charge in [-0.15, -0.1) is 0 Å². The molecule has 3 heterocycles. The molecule has 4 N–H and O–H groups in total. The number of carbonyl (C=O) groups is 1. The molecule has 3 aromatic heterocycles. The van der Waals surface area contributed by atoms with E-state index in [9.17, 15) is 22.4 Å². The predicted octanol–water partition coefficient (Wildman–Crippen LogP) is 4.51. The first-order chi connectivity index (χ1) is 15.1. The van der Waals surface area contributed by atoms with Crippen molar-refractivity contribution in [3.8, 4) is 5.69 Å². The van der Waals surface area contributed by atoms with E-state index in [0.717, 1.165) is 17.4 Å². The second-order valence-corrected chi connectivity index (χ2v) is 7.31. The van der Waals surface area contributed by atoms with Gasteiger partial charge in [-0.3, -0.25) is 4.79 Å². The molecule has 0 radical (unpaired) electrons. The molecule has 0 unspecified atom stereocenters. The van der Waals surface area contributed by atoms with Crippen molar-refractivity contribution in [1.29, 1.82) is 0 Å². The molecule has 11 heteroatoms. The molecule has 0 aliphatic heterocycles. The normalized spacial score (nSPS) is 12.2. The minimum atomic E-state index is -4.85. The number of hydrogen-bond acceptors (Lipinski definition) is 4. The Bertz CT molecular complexity index is 1520. The van der Waals surface area contributed by atoms with Gasteiger partial charge in [0.05, 0.1) is 39.7 Å². The number of aryl methyl sites for hydroxylation is 1. The van der Waals surface area contributed by atoms with E-state index in [1.807, 2.05) is 6.92 Å². The van der Waals surface area contributed by atoms with Crippen LogP contribution in [0.3, 0.4) is 0 Å². The molecule has 7 nitrogen and oxygen atoms in total. The van der Waals surface area contributed by atoms with Gasteiger partial charge in [0.2, 0.25) is 5.78 Å². The lowest BCUT2D eigenvalue weighted by Gasteiger charge is -2.07. The minimum Gasteiger partial charge on any atom is -0.383 e. The number of aromatic nitrogens is 5. The van der Waals surface area contributed by atoms with E-state index in [2.05, 4.69) is 20.1 Å². The number of fused-ring (bicyclic) bond motifs is 2. The van der Waals surface area contributed by atoms with Gasteiger partial charge in [0.15, 0.2) is 0 Å². The summed E-state index contributed by atoms with van der Waals surface area (Å²) in [7, 11) is 0. The van der Waals surface area contributed by atoms with Gasteiger partial charge in [-0.1, -0.05) is 0 Å². The van der Waals surface area contributed by atoms with Crippen LogP contribution in [0, 0.1) is 12.7 Å². The number of aromatic amines is 2. The molecule has 0 aliphatic rings. The van der Waals surface area contributed by atoms with Crippen LogP contribution in [-0.2, 0) is 6.18 Å². The largest absolute Gasteiger partial charge is 0.419 e. The van der Waals surface area contributed by atoms with Crippen LogP contribution in [0.4, 0.5) is 23.4 Å². The number of nitrogen functional groups attached to an aromatic ring is 1. The van der Waals surface area contributed by atoms with E-state index in [0.29, 0.717) is 17.3 Å². The molecule has 32 heavy (non-hydrogen) atoms. The molecular formula is C21H14F4N6O. The quantitative estimate of drug-likeness (QED) is 0.282. The Morgan fingerprint density at radius 2 is 1.88 bits per heavy atom. The molecule has 0 amide bonds. The summed E-state index contributed by atoms with van der Waals surface area (Å²) in [6.45, 7) is 1.82. The van der Waals surface area contributed by atoms with Crippen LogP contribution in [0.1, 0.15) is 27.4 Å². The molecule has 0 saturated heterocycles. The van der Waals surface area contributed by atoms with E-state index in [4.69, 9.17) is 5.73 Å². The Morgan fingerprint density at radius 3 is 2.62 bits per heavy atom. The SMILES string of the molecule is Cc1nc2cc(-n3ncc(C(=O)c4cc5cc(F)c(C(F)(F)F)cc5[nH]4)c3N)ccc2[nH]1. The predicted molar refractivity (Wildman–Crippen MR) is 109 cm³/mol. The number of hydrogen-bond donors (Lipinski definition) is 3. The third kappa shape index (κ3) is 3.09. The summed E-state index contributed by atoms with van der Waals surface area (Å²) in [4.78, 5) is 23.0. The Kier molecular flexibility index (Phi) is 4.13. The molecular weight excluding hydrogens is 428 g/mol. The highest BCUT2D eigenvalue weighted by Crippen LogP contribution is 2.34. The van der Waals surface area contributed by atoms with Gasteiger partial charge in [0.25, 0.3) is 0 Å². The zero-order chi connectivity index (χ0) is 22.8. The maximum atomic E-state index is 13.9. The fourth-order valence-corrected chi connectivity index (χ4v) is 3.63. The Morgan fingerprint density at radius 1 is 1.09 bits per heavy atom. The number of alkyl halides is 3. The third-order valence-electron chi connectivity index (χ3n) is 5.14. The molecule has 2 aromatic carbocycles. The first-order valence-electron chi connectivity index (χ1n) is 9.36. The van der Waals surface area contributed by atoms with Gasteiger partial charge >= 0.3 is 6.18 Å². The molecule has 0 bridgehead atoms. The van der Waals surface area contributed by atoms with E-state index in [-0.39, 0.29) is 28.0 Å². The Balaban J connectivity index is 1.53. The van der Waals surface area contributed by atoms with Crippen molar-refractivity contribution >= 4 is 33.5 Å². The maximum absolute atomic E-state index is 13.9. The molecule has 5 rings (SSSR count). The van der Waals surface area contributed by atoms with Crippen molar-refractivity contribution in [2.45, 2.75) is 13.1 Å². The Hall–Kier alpha value is -4.15. The smallest absolute Gasteiger partial charge is 0.383 e. The third-order valence-corrected chi connectivity index (χ3v) is 5.14. The van der Waals surface area contributed by atoms with Crippen LogP contribution in [0.2, 0.25) is 0 Å². The van der Waals surface area contributed by atoms with Crippen LogP contribution < -0.4 is 5.73 Å². The van der Waals surface area contributed by atoms with Crippen LogP contribution >= 0.6 is 0 Å². The molecule has 0 saturated carbocycles. The first-order valence-corrected chi connectivity index (χ1v) is 9.36. The van der Waals surface area contributed by atoms with Crippen LogP contribution in [-0.4, -0.2) is 30.5 Å². The Labute approximate surface area is 176 Å². The van der Waals surface area contributed by atoms with Crippen molar-refractivity contribution < 1.29 is 22.4 Å². The topological polar surface area (TPSA) is 105 Å². The highest BCUT2D eigenvalue weighted by atomic mass is 19.4. The number of carbonyl (C=O) groups excluding carboxylic acids is 1. The molecule has 0 atom stereocenters. The van der Waals surface area contributed by atoms with Crippen molar-refractivity contribution in [1.82, 2.24) is 24.7 Å². The zero-order valence-electron chi connectivity index (χ0n) is 16.4. The number of nitrogens with zero attached hydrogens (tertiary/aromatic N) is 3. The van der Waals surface area contributed by atoms with Crippen molar-refractivity contribution in [3.63, 3.8) is 0 Å². The van der Waals surface area contributed by atoms with Crippen LogP contribution in [0.25, 0.3) is 27.6 Å². The van der Waals surface area contributed by atoms with Gasteiger partial charge in [-0.25, -0.2) is 14.1 Å². The zero-order valence-corrected chi connectivity index (χ0v) is 16.4. The van der Waals surface area contributed by atoms with Gasteiger partial charge < -0.3 is 15.7 Å². The number of anilines is 1. The van der Waals surface area contributed by atoms with Gasteiger partial charge in [-0.05, 0) is 43.3 Å². The van der Waals surface area contributed by atoms with Gasteiger partial charge in [0, 0.05) is 10.9 Å². The summed E-state index contributed by atoms with van der Waals surface area (Å²) < 4.78 is 54.1. The molecule has 0 aliphatic carbocycles. The number of nitrogens with two attached hydrogens (primary N) is 1. The highest BCUT2D eigenvalue weighted by molar-refractivity contribution is 6.12. The lowest BCUT2D eigenvalue weighted by molar-refractivity contribution is -0.139. The number of nitrogens with one attached hydrogen (secondary N) is 2.